The highest BCUT2D eigenvalue weighted by atomic mass is 32.2. The Balaban J connectivity index is 1.42. The molecular formula is C28H32F2N2O4S. The first kappa shape index (κ1) is 27.0. The Morgan fingerprint density at radius 1 is 1.16 bits per heavy atom. The quantitative estimate of drug-likeness (QED) is 0.269. The summed E-state index contributed by atoms with van der Waals surface area (Å²) < 4.78 is 40.6. The molecule has 0 bridgehead atoms. The van der Waals surface area contributed by atoms with Crippen LogP contribution in [0.2, 0.25) is 0 Å². The van der Waals surface area contributed by atoms with Crippen LogP contribution in [0.15, 0.2) is 58.0 Å². The van der Waals surface area contributed by atoms with E-state index in [4.69, 9.17) is 9.15 Å². The van der Waals surface area contributed by atoms with Crippen LogP contribution in [0.4, 0.5) is 14.5 Å². The third-order valence-corrected chi connectivity index (χ3v) is 7.34. The summed E-state index contributed by atoms with van der Waals surface area (Å²) in [5.41, 5.74) is 0.910. The van der Waals surface area contributed by atoms with Crippen LogP contribution in [0.25, 0.3) is 0 Å². The zero-order chi connectivity index (χ0) is 26.2. The van der Waals surface area contributed by atoms with Crippen molar-refractivity contribution >= 4 is 23.4 Å². The van der Waals surface area contributed by atoms with Gasteiger partial charge in [-0.3, -0.25) is 4.79 Å². The molecule has 1 atom stereocenters. The Bertz CT molecular complexity index is 1170. The zero-order valence-electron chi connectivity index (χ0n) is 20.8. The number of nitrogens with one attached hydrogen (secondary N) is 1. The lowest BCUT2D eigenvalue weighted by molar-refractivity contribution is 0.0948. The van der Waals surface area contributed by atoms with Crippen molar-refractivity contribution in [3.8, 4) is 5.75 Å². The summed E-state index contributed by atoms with van der Waals surface area (Å²) in [4.78, 5) is 14.9. The maximum atomic E-state index is 14.9. The molecule has 2 N–H and O–H groups in total. The number of benzene rings is 2. The maximum absolute atomic E-state index is 14.9. The number of nitrogens with zero attached hydrogens (tertiary/aromatic N) is 1. The number of halogens is 2. The van der Waals surface area contributed by atoms with Gasteiger partial charge < -0.3 is 24.5 Å². The zero-order valence-corrected chi connectivity index (χ0v) is 21.7. The first-order valence-corrected chi connectivity index (χ1v) is 13.6. The molecular weight excluding hydrogens is 498 g/mol. The van der Waals surface area contributed by atoms with Crippen molar-refractivity contribution in [3.05, 3.63) is 77.2 Å². The number of hydrogen-bond donors (Lipinski definition) is 2. The topological polar surface area (TPSA) is 74.9 Å². The fraction of sp³-hybridized carbons (Fsp3) is 0.393. The SMILES string of the molecule is CCCCCCCOc1cc(F)c(CN2c3ccc(C(=O)NCc4ccco4)cc3SCC2O)c(F)c1. The van der Waals surface area contributed by atoms with Crippen LogP contribution in [0, 0.1) is 11.6 Å². The average Bonchev–Trinajstić information content (AvgIpc) is 3.41. The van der Waals surface area contributed by atoms with Gasteiger partial charge in [0, 0.05) is 33.9 Å². The van der Waals surface area contributed by atoms with E-state index in [9.17, 15) is 18.7 Å². The molecule has 1 aromatic heterocycles. The van der Waals surface area contributed by atoms with Gasteiger partial charge in [-0.1, -0.05) is 32.6 Å². The number of thioether (sulfide) groups is 1. The highest BCUT2D eigenvalue weighted by molar-refractivity contribution is 7.99. The van der Waals surface area contributed by atoms with Crippen molar-refractivity contribution in [1.29, 1.82) is 0 Å². The van der Waals surface area contributed by atoms with E-state index in [1.165, 1.54) is 30.3 Å². The number of unbranched alkanes of at least 4 members (excludes halogenated alkanes) is 4. The van der Waals surface area contributed by atoms with E-state index in [2.05, 4.69) is 12.2 Å². The van der Waals surface area contributed by atoms with Crippen molar-refractivity contribution in [3.63, 3.8) is 0 Å². The van der Waals surface area contributed by atoms with Crippen LogP contribution in [0.5, 0.6) is 5.75 Å². The lowest BCUT2D eigenvalue weighted by Crippen LogP contribution is -2.39. The van der Waals surface area contributed by atoms with E-state index >= 15 is 0 Å². The lowest BCUT2D eigenvalue weighted by atomic mass is 10.1. The number of rotatable bonds is 12. The molecule has 0 saturated heterocycles. The molecule has 1 amide bonds. The van der Waals surface area contributed by atoms with Crippen LogP contribution in [0.3, 0.4) is 0 Å². The van der Waals surface area contributed by atoms with Gasteiger partial charge in [0.05, 0.1) is 31.6 Å². The van der Waals surface area contributed by atoms with Crippen LogP contribution >= 0.6 is 11.8 Å². The molecule has 2 aromatic carbocycles. The molecule has 2 heterocycles. The molecule has 3 aromatic rings. The minimum atomic E-state index is -0.936. The molecule has 1 aliphatic heterocycles. The smallest absolute Gasteiger partial charge is 0.251 e. The molecule has 9 heteroatoms. The van der Waals surface area contributed by atoms with E-state index < -0.39 is 17.9 Å². The van der Waals surface area contributed by atoms with E-state index in [1.807, 2.05) is 0 Å². The Labute approximate surface area is 220 Å². The largest absolute Gasteiger partial charge is 0.493 e. The van der Waals surface area contributed by atoms with Gasteiger partial charge in [-0.2, -0.15) is 0 Å². The van der Waals surface area contributed by atoms with Crippen LogP contribution < -0.4 is 15.0 Å². The number of furan rings is 1. The summed E-state index contributed by atoms with van der Waals surface area (Å²) in [5, 5.41) is 13.4. The molecule has 1 unspecified atom stereocenters. The third kappa shape index (κ3) is 7.05. The second-order valence-corrected chi connectivity index (χ2v) is 10.1. The minimum Gasteiger partial charge on any atom is -0.493 e. The Morgan fingerprint density at radius 3 is 2.68 bits per heavy atom. The molecule has 0 aliphatic carbocycles. The Hall–Kier alpha value is -3.04. The summed E-state index contributed by atoms with van der Waals surface area (Å²) in [7, 11) is 0. The van der Waals surface area contributed by atoms with Gasteiger partial charge in [0.2, 0.25) is 0 Å². The van der Waals surface area contributed by atoms with E-state index in [-0.39, 0.29) is 30.3 Å². The van der Waals surface area contributed by atoms with E-state index in [0.29, 0.717) is 29.4 Å². The van der Waals surface area contributed by atoms with Gasteiger partial charge in [0.1, 0.15) is 29.4 Å². The highest BCUT2D eigenvalue weighted by Crippen LogP contribution is 2.39. The van der Waals surface area contributed by atoms with Crippen molar-refractivity contribution < 1.29 is 27.8 Å². The molecule has 198 valence electrons. The monoisotopic (exact) mass is 530 g/mol. The molecule has 0 spiro atoms. The molecule has 1 aliphatic rings. The third-order valence-electron chi connectivity index (χ3n) is 6.24. The molecule has 6 nitrogen and oxygen atoms in total. The van der Waals surface area contributed by atoms with E-state index in [0.717, 1.165) is 30.6 Å². The van der Waals surface area contributed by atoms with Crippen LogP contribution in [-0.2, 0) is 13.1 Å². The molecule has 0 saturated carbocycles. The number of anilines is 1. The van der Waals surface area contributed by atoms with Gasteiger partial charge in [-0.25, -0.2) is 8.78 Å². The Kier molecular flexibility index (Phi) is 9.46. The number of fused-ring (bicyclic) bond motifs is 1. The van der Waals surface area contributed by atoms with Gasteiger partial charge in [-0.15, -0.1) is 11.8 Å². The molecule has 37 heavy (non-hydrogen) atoms. The standard InChI is InChI=1S/C28H32F2N2O4S/c1-2-3-4-5-6-11-36-21-14-23(29)22(24(30)15-21)17-32-25-10-9-19(13-26(25)37-18-27(32)33)28(34)31-16-20-8-7-12-35-20/h7-10,12-15,27,33H,2-6,11,16-18H2,1H3,(H,31,34). The van der Waals surface area contributed by atoms with Crippen molar-refractivity contribution in [2.75, 3.05) is 17.3 Å². The van der Waals surface area contributed by atoms with E-state index in [1.54, 1.807) is 41.5 Å². The first-order valence-electron chi connectivity index (χ1n) is 12.6. The van der Waals surface area contributed by atoms with Crippen molar-refractivity contribution in [1.82, 2.24) is 5.32 Å². The first-order chi connectivity index (χ1) is 18.0. The summed E-state index contributed by atoms with van der Waals surface area (Å²) in [6.07, 6.45) is 5.90. The fourth-order valence-electron chi connectivity index (χ4n) is 4.18. The predicted molar refractivity (Wildman–Crippen MR) is 140 cm³/mol. The van der Waals surface area contributed by atoms with Crippen molar-refractivity contribution in [2.24, 2.45) is 0 Å². The van der Waals surface area contributed by atoms with Crippen LogP contribution in [-0.4, -0.2) is 29.6 Å². The summed E-state index contributed by atoms with van der Waals surface area (Å²) >= 11 is 1.39. The van der Waals surface area contributed by atoms with Gasteiger partial charge in [0.15, 0.2) is 0 Å². The number of hydrogen-bond acceptors (Lipinski definition) is 6. The second-order valence-electron chi connectivity index (χ2n) is 8.99. The number of aliphatic hydroxyl groups excluding tert-OH is 1. The van der Waals surface area contributed by atoms with Gasteiger partial charge in [0.25, 0.3) is 5.91 Å². The molecule has 0 radical (unpaired) electrons. The summed E-state index contributed by atoms with van der Waals surface area (Å²) in [6.45, 7) is 2.66. The lowest BCUT2D eigenvalue weighted by Gasteiger charge is -2.35. The Morgan fingerprint density at radius 2 is 1.95 bits per heavy atom. The average molecular weight is 531 g/mol. The summed E-state index contributed by atoms with van der Waals surface area (Å²) in [5.74, 6) is -0.608. The number of carbonyl (C=O) groups excluding carboxylic acids is 1. The van der Waals surface area contributed by atoms with Gasteiger partial charge >= 0.3 is 0 Å². The number of carbonyl (C=O) groups is 1. The normalized spacial score (nSPS) is 14.9. The van der Waals surface area contributed by atoms with Crippen LogP contribution in [0.1, 0.15) is 60.7 Å². The van der Waals surface area contributed by atoms with Gasteiger partial charge in [-0.05, 0) is 36.8 Å². The maximum Gasteiger partial charge on any atom is 0.251 e. The molecule has 4 rings (SSSR count). The minimum absolute atomic E-state index is 0.146. The highest BCUT2D eigenvalue weighted by Gasteiger charge is 2.28. The fourth-order valence-corrected chi connectivity index (χ4v) is 5.23. The number of ether oxygens (including phenoxy) is 1. The number of aliphatic hydroxyl groups is 1. The van der Waals surface area contributed by atoms with Crippen molar-refractivity contribution in [2.45, 2.75) is 63.2 Å². The number of amides is 1. The second kappa shape index (κ2) is 13.0. The predicted octanol–water partition coefficient (Wildman–Crippen LogP) is 6.27. The summed E-state index contributed by atoms with van der Waals surface area (Å²) in [6, 6.07) is 11.0. The molecule has 0 fully saturated rings.